The van der Waals surface area contributed by atoms with Crippen LogP contribution >= 0.6 is 0 Å². The summed E-state index contributed by atoms with van der Waals surface area (Å²) in [5.41, 5.74) is 6.35. The fourth-order valence-corrected chi connectivity index (χ4v) is 0.217. The fraction of sp³-hybridized carbons (Fsp3) is 1.00. The molecule has 0 spiro atoms. The maximum atomic E-state index is 10.1. The van der Waals surface area contributed by atoms with Crippen molar-refractivity contribution in [3.8, 4) is 0 Å². The van der Waals surface area contributed by atoms with Crippen LogP contribution in [0, 0.1) is 0 Å². The van der Waals surface area contributed by atoms with Gasteiger partial charge in [0.25, 0.3) is 0 Å². The summed E-state index contributed by atoms with van der Waals surface area (Å²) in [6.45, 7) is 0. The van der Waals surface area contributed by atoms with Crippen LogP contribution in [0.1, 0.15) is 0 Å². The van der Waals surface area contributed by atoms with Crippen LogP contribution in [0.5, 0.6) is 0 Å². The summed E-state index contributed by atoms with van der Waals surface area (Å²) < 4.78 is 22.1. The molecule has 0 aromatic heterocycles. The standard InChI is InChI=1S/C2H7N2O2S/c1-4-7(5,6)2-3/h3-4H,2H2,1H3. The van der Waals surface area contributed by atoms with E-state index in [2.05, 4.69) is 0 Å². The maximum Gasteiger partial charge on any atom is 0.225 e. The molecule has 0 bridgehead atoms. The quantitative estimate of drug-likeness (QED) is 0.499. The van der Waals surface area contributed by atoms with Crippen LogP contribution in [0.15, 0.2) is 0 Å². The molecule has 0 heterocycles. The van der Waals surface area contributed by atoms with Gasteiger partial charge in [0.05, 0.1) is 0 Å². The second-order valence-corrected chi connectivity index (χ2v) is 2.89. The minimum absolute atomic E-state index is 0.594. The summed E-state index contributed by atoms with van der Waals surface area (Å²) in [5, 5.41) is 0. The number of rotatable bonds is 2. The minimum Gasteiger partial charge on any atom is -0.240 e. The molecule has 4 nitrogen and oxygen atoms in total. The van der Waals surface area contributed by atoms with Gasteiger partial charge in [0.2, 0.25) is 10.0 Å². The van der Waals surface area contributed by atoms with Gasteiger partial charge >= 0.3 is 0 Å². The topological polar surface area (TPSA) is 70.0 Å². The molecule has 0 saturated carbocycles. The summed E-state index contributed by atoms with van der Waals surface area (Å²) in [6, 6.07) is 0. The highest BCUT2D eigenvalue weighted by atomic mass is 32.2. The molecule has 0 aliphatic rings. The molecule has 0 fully saturated rings. The third kappa shape index (κ3) is 2.55. The summed E-state index contributed by atoms with van der Waals surface area (Å²) in [6.07, 6.45) is 0. The molecule has 0 aromatic carbocycles. The van der Waals surface area contributed by atoms with Crippen molar-refractivity contribution in [2.24, 2.45) is 0 Å². The highest BCUT2D eigenvalue weighted by molar-refractivity contribution is 7.89. The molecule has 1 radical (unpaired) electrons. The first-order valence-electron chi connectivity index (χ1n) is 1.68. The van der Waals surface area contributed by atoms with Gasteiger partial charge in [0, 0.05) is 0 Å². The van der Waals surface area contributed by atoms with Crippen LogP contribution in [0.4, 0.5) is 0 Å². The van der Waals surface area contributed by atoms with Crippen molar-refractivity contribution in [2.75, 3.05) is 12.9 Å². The van der Waals surface area contributed by atoms with Crippen molar-refractivity contribution in [3.63, 3.8) is 0 Å². The van der Waals surface area contributed by atoms with E-state index in [0.29, 0.717) is 0 Å². The molecule has 43 valence electrons. The molecule has 0 aromatic rings. The molecule has 5 heteroatoms. The average molecular weight is 123 g/mol. The Bertz CT molecular complexity index is 117. The van der Waals surface area contributed by atoms with E-state index in [1.54, 1.807) is 0 Å². The Labute approximate surface area is 42.8 Å². The SMILES string of the molecule is CNS(=O)(=O)C[NH]. The van der Waals surface area contributed by atoms with Crippen LogP contribution in [0.25, 0.3) is 0 Å². The first-order valence-corrected chi connectivity index (χ1v) is 3.33. The Morgan fingerprint density at radius 1 is 1.71 bits per heavy atom. The average Bonchev–Trinajstić information content (AvgIpc) is 1.68. The lowest BCUT2D eigenvalue weighted by molar-refractivity contribution is 0.588. The summed E-state index contributed by atoms with van der Waals surface area (Å²) in [7, 11) is -1.96. The Morgan fingerprint density at radius 2 is 2.14 bits per heavy atom. The lowest BCUT2D eigenvalue weighted by Crippen LogP contribution is -2.22. The van der Waals surface area contributed by atoms with Crippen molar-refractivity contribution < 1.29 is 8.42 Å². The van der Waals surface area contributed by atoms with Gasteiger partial charge in [0.1, 0.15) is 5.88 Å². The number of hydrogen-bond acceptors (Lipinski definition) is 2. The molecule has 0 aliphatic carbocycles. The second kappa shape index (κ2) is 2.25. The first kappa shape index (κ1) is 6.87. The van der Waals surface area contributed by atoms with E-state index in [1.807, 2.05) is 4.72 Å². The Morgan fingerprint density at radius 3 is 2.14 bits per heavy atom. The molecule has 0 rings (SSSR count). The smallest absolute Gasteiger partial charge is 0.225 e. The van der Waals surface area contributed by atoms with Gasteiger partial charge in [-0.2, -0.15) is 0 Å². The highest BCUT2D eigenvalue weighted by Gasteiger charge is 1.98. The van der Waals surface area contributed by atoms with Crippen molar-refractivity contribution in [1.82, 2.24) is 10.5 Å². The van der Waals surface area contributed by atoms with Crippen LogP contribution in [0.2, 0.25) is 0 Å². The number of nitrogens with one attached hydrogen (secondary N) is 2. The normalized spacial score (nSPS) is 11.7. The lowest BCUT2D eigenvalue weighted by Gasteiger charge is -1.91. The predicted molar refractivity (Wildman–Crippen MR) is 25.9 cm³/mol. The molecule has 2 N–H and O–H groups in total. The van der Waals surface area contributed by atoms with Crippen molar-refractivity contribution >= 4 is 10.0 Å². The molecule has 0 atom stereocenters. The van der Waals surface area contributed by atoms with Gasteiger partial charge in [-0.1, -0.05) is 0 Å². The lowest BCUT2D eigenvalue weighted by atomic mass is 11.5. The third-order valence-electron chi connectivity index (χ3n) is 0.501. The second-order valence-electron chi connectivity index (χ2n) is 0.963. The molecular formula is C2H7N2O2S. The van der Waals surface area contributed by atoms with Crippen LogP contribution in [-0.2, 0) is 10.0 Å². The fourth-order valence-electron chi connectivity index (χ4n) is 0.0722. The Kier molecular flexibility index (Phi) is 2.21. The van der Waals surface area contributed by atoms with Gasteiger partial charge in [-0.25, -0.2) is 18.9 Å². The zero-order valence-corrected chi connectivity index (χ0v) is 4.75. The van der Waals surface area contributed by atoms with Gasteiger partial charge < -0.3 is 0 Å². The molecular weight excluding hydrogens is 116 g/mol. The van der Waals surface area contributed by atoms with E-state index in [1.165, 1.54) is 7.05 Å². The van der Waals surface area contributed by atoms with Crippen molar-refractivity contribution in [1.29, 1.82) is 0 Å². The molecule has 0 amide bonds. The largest absolute Gasteiger partial charge is 0.240 e. The zero-order valence-electron chi connectivity index (χ0n) is 3.93. The van der Waals surface area contributed by atoms with Gasteiger partial charge in [-0.3, -0.25) is 0 Å². The van der Waals surface area contributed by atoms with Crippen molar-refractivity contribution in [3.05, 3.63) is 0 Å². The van der Waals surface area contributed by atoms with Crippen LogP contribution < -0.4 is 10.5 Å². The van der Waals surface area contributed by atoms with E-state index in [0.717, 1.165) is 0 Å². The molecule has 0 saturated heterocycles. The molecule has 0 aliphatic heterocycles. The Balaban J connectivity index is 3.89. The van der Waals surface area contributed by atoms with Crippen molar-refractivity contribution in [2.45, 2.75) is 0 Å². The maximum absolute atomic E-state index is 10.1. The number of hydrogen-bond donors (Lipinski definition) is 1. The number of sulfonamides is 1. The van der Waals surface area contributed by atoms with Crippen LogP contribution in [-0.4, -0.2) is 21.3 Å². The molecule has 7 heavy (non-hydrogen) atoms. The highest BCUT2D eigenvalue weighted by Crippen LogP contribution is 1.71. The summed E-state index contributed by atoms with van der Waals surface area (Å²) in [5.74, 6) is -0.594. The van der Waals surface area contributed by atoms with E-state index in [4.69, 9.17) is 5.73 Å². The van der Waals surface area contributed by atoms with Gasteiger partial charge in [0.15, 0.2) is 0 Å². The van der Waals surface area contributed by atoms with Crippen LogP contribution in [0.3, 0.4) is 0 Å². The van der Waals surface area contributed by atoms with E-state index < -0.39 is 15.9 Å². The first-order chi connectivity index (χ1) is 3.12. The third-order valence-corrected chi connectivity index (χ3v) is 1.50. The van der Waals surface area contributed by atoms with Gasteiger partial charge in [-0.15, -0.1) is 0 Å². The predicted octanol–water partition coefficient (Wildman–Crippen LogP) is -1.22. The zero-order chi connectivity index (χ0) is 5.91. The van der Waals surface area contributed by atoms with E-state index in [9.17, 15) is 8.42 Å². The summed E-state index contributed by atoms with van der Waals surface area (Å²) in [4.78, 5) is 0. The van der Waals surface area contributed by atoms with E-state index >= 15 is 0 Å². The van der Waals surface area contributed by atoms with E-state index in [-0.39, 0.29) is 0 Å². The molecule has 0 unspecified atom stereocenters. The van der Waals surface area contributed by atoms with Gasteiger partial charge in [-0.05, 0) is 7.05 Å². The monoisotopic (exact) mass is 123 g/mol. The minimum atomic E-state index is -3.24. The summed E-state index contributed by atoms with van der Waals surface area (Å²) >= 11 is 0. The Hall–Kier alpha value is -0.130.